The second kappa shape index (κ2) is 37.9. The Bertz CT molecular complexity index is 655. The van der Waals surface area contributed by atoms with Crippen LogP contribution in [0.1, 0.15) is 226 Å². The van der Waals surface area contributed by atoms with Gasteiger partial charge in [-0.1, -0.05) is 219 Å². The fraction of sp³-hybridized carbons (Fsp3) is 0.929. The lowest BCUT2D eigenvalue weighted by Crippen LogP contribution is -2.48. The Morgan fingerprint density at radius 2 is 0.830 bits per heavy atom. The molecule has 0 fully saturated rings. The lowest BCUT2D eigenvalue weighted by atomic mass is 10.0. The summed E-state index contributed by atoms with van der Waals surface area (Å²) in [7, 11) is 0. The Balaban J connectivity index is 3.63. The van der Waals surface area contributed by atoms with Crippen LogP contribution in [-0.4, -0.2) is 46.1 Å². The molecular formula is C42H83NO4. The van der Waals surface area contributed by atoms with Crippen molar-refractivity contribution < 1.29 is 20.1 Å². The van der Waals surface area contributed by atoms with E-state index in [1.165, 1.54) is 173 Å². The number of hydrogen-bond donors (Lipinski definition) is 4. The van der Waals surface area contributed by atoms with E-state index in [4.69, 9.17) is 0 Å². The highest BCUT2D eigenvalue weighted by atomic mass is 16.3. The van der Waals surface area contributed by atoms with Gasteiger partial charge in [0.15, 0.2) is 0 Å². The summed E-state index contributed by atoms with van der Waals surface area (Å²) in [4.78, 5) is 12.4. The van der Waals surface area contributed by atoms with E-state index in [0.29, 0.717) is 6.42 Å². The molecule has 0 aromatic carbocycles. The van der Waals surface area contributed by atoms with E-state index in [-0.39, 0.29) is 6.61 Å². The van der Waals surface area contributed by atoms with E-state index in [1.54, 1.807) is 6.08 Å². The minimum atomic E-state index is -1.09. The van der Waals surface area contributed by atoms with Crippen molar-refractivity contribution >= 4 is 5.91 Å². The molecule has 0 aliphatic carbocycles. The van der Waals surface area contributed by atoms with Crippen LogP contribution in [0.4, 0.5) is 0 Å². The second-order valence-electron chi connectivity index (χ2n) is 14.6. The summed E-state index contributed by atoms with van der Waals surface area (Å²) in [6.07, 6.45) is 43.8. The van der Waals surface area contributed by atoms with Crippen molar-refractivity contribution in [3.8, 4) is 0 Å². The van der Waals surface area contributed by atoms with Gasteiger partial charge in [0.25, 0.3) is 0 Å². The molecule has 0 aromatic rings. The molecule has 3 atom stereocenters. The van der Waals surface area contributed by atoms with Crippen molar-refractivity contribution in [1.29, 1.82) is 0 Å². The summed E-state index contributed by atoms with van der Waals surface area (Å²) in [5.41, 5.74) is 0. The van der Waals surface area contributed by atoms with Gasteiger partial charge in [-0.05, 0) is 19.3 Å². The van der Waals surface area contributed by atoms with Gasteiger partial charge in [0, 0.05) is 0 Å². The van der Waals surface area contributed by atoms with Crippen molar-refractivity contribution in [2.24, 2.45) is 0 Å². The third-order valence-electron chi connectivity index (χ3n) is 9.88. The summed E-state index contributed by atoms with van der Waals surface area (Å²) in [5.74, 6) is -0.500. The van der Waals surface area contributed by atoms with Crippen molar-refractivity contribution in [3.63, 3.8) is 0 Å². The van der Waals surface area contributed by atoms with Gasteiger partial charge in [-0.2, -0.15) is 0 Å². The van der Waals surface area contributed by atoms with Crippen LogP contribution in [0.2, 0.25) is 0 Å². The third kappa shape index (κ3) is 33.4. The lowest BCUT2D eigenvalue weighted by Gasteiger charge is -2.21. The van der Waals surface area contributed by atoms with Gasteiger partial charge >= 0.3 is 0 Å². The van der Waals surface area contributed by atoms with E-state index in [2.05, 4.69) is 19.2 Å². The SMILES string of the molecule is CCCCCCCCCCCCC/C=C/[C@@H](O)[C@H](CO)NC(=O)[C@H](O)CCCCCCCCCCCCCCCCCCCCCC. The second-order valence-corrected chi connectivity index (χ2v) is 14.6. The first-order chi connectivity index (χ1) is 23.1. The third-order valence-corrected chi connectivity index (χ3v) is 9.88. The molecule has 0 bridgehead atoms. The van der Waals surface area contributed by atoms with Crippen molar-refractivity contribution in [1.82, 2.24) is 5.32 Å². The Labute approximate surface area is 293 Å². The average molecular weight is 666 g/mol. The molecule has 280 valence electrons. The summed E-state index contributed by atoms with van der Waals surface area (Å²) >= 11 is 0. The van der Waals surface area contributed by atoms with Crippen LogP contribution < -0.4 is 5.32 Å². The van der Waals surface area contributed by atoms with Crippen LogP contribution in [0.15, 0.2) is 12.2 Å². The van der Waals surface area contributed by atoms with E-state index in [1.807, 2.05) is 6.08 Å². The molecule has 47 heavy (non-hydrogen) atoms. The monoisotopic (exact) mass is 666 g/mol. The smallest absolute Gasteiger partial charge is 0.249 e. The molecule has 0 saturated heterocycles. The summed E-state index contributed by atoms with van der Waals surface area (Å²) < 4.78 is 0. The van der Waals surface area contributed by atoms with E-state index < -0.39 is 24.2 Å². The maximum absolute atomic E-state index is 12.4. The van der Waals surface area contributed by atoms with Crippen LogP contribution in [0.25, 0.3) is 0 Å². The highest BCUT2D eigenvalue weighted by Crippen LogP contribution is 2.16. The maximum Gasteiger partial charge on any atom is 0.249 e. The van der Waals surface area contributed by atoms with Crippen LogP contribution in [0.5, 0.6) is 0 Å². The fourth-order valence-electron chi connectivity index (χ4n) is 6.54. The first-order valence-corrected chi connectivity index (χ1v) is 21.0. The quantitative estimate of drug-likeness (QED) is 0.0390. The molecule has 0 saturated carbocycles. The summed E-state index contributed by atoms with van der Waals surface area (Å²) in [5, 5.41) is 33.1. The average Bonchev–Trinajstić information content (AvgIpc) is 3.07. The number of rotatable bonds is 38. The first kappa shape index (κ1) is 46.1. The highest BCUT2D eigenvalue weighted by Gasteiger charge is 2.22. The number of amides is 1. The zero-order valence-corrected chi connectivity index (χ0v) is 31.7. The summed E-state index contributed by atoms with van der Waals surface area (Å²) in [6, 6.07) is -0.791. The van der Waals surface area contributed by atoms with Gasteiger partial charge in [-0.25, -0.2) is 0 Å². The highest BCUT2D eigenvalue weighted by molar-refractivity contribution is 5.80. The van der Waals surface area contributed by atoms with Crippen molar-refractivity contribution in [2.75, 3.05) is 6.61 Å². The lowest BCUT2D eigenvalue weighted by molar-refractivity contribution is -0.131. The minimum Gasteiger partial charge on any atom is -0.394 e. The summed E-state index contributed by atoms with van der Waals surface area (Å²) in [6.45, 7) is 4.18. The molecule has 0 unspecified atom stereocenters. The number of unbranched alkanes of at least 4 members (excludes halogenated alkanes) is 30. The Kier molecular flexibility index (Phi) is 37.2. The Morgan fingerprint density at radius 1 is 0.511 bits per heavy atom. The van der Waals surface area contributed by atoms with Crippen LogP contribution >= 0.6 is 0 Å². The predicted molar refractivity (Wildman–Crippen MR) is 204 cm³/mol. The van der Waals surface area contributed by atoms with Crippen LogP contribution in [0, 0.1) is 0 Å². The molecule has 0 aromatic heterocycles. The predicted octanol–water partition coefficient (Wildman–Crippen LogP) is 11.7. The molecule has 0 radical (unpaired) electrons. The first-order valence-electron chi connectivity index (χ1n) is 21.0. The van der Waals surface area contributed by atoms with E-state index in [9.17, 15) is 20.1 Å². The number of aliphatic hydroxyl groups excluding tert-OH is 3. The van der Waals surface area contributed by atoms with Crippen molar-refractivity contribution in [2.45, 2.75) is 244 Å². The number of nitrogens with one attached hydrogen (secondary N) is 1. The molecule has 0 aliphatic heterocycles. The molecule has 5 nitrogen and oxygen atoms in total. The standard InChI is InChI=1S/C42H83NO4/c1-3-5-7-9-11-13-15-17-18-19-20-21-22-23-25-27-29-31-33-35-37-41(46)42(47)43-39(38-44)40(45)36-34-32-30-28-26-24-16-14-12-10-8-6-4-2/h34,36,39-41,44-46H,3-33,35,37-38H2,1-2H3,(H,43,47)/b36-34+/t39-,40+,41+/m0/s1. The molecule has 0 rings (SSSR count). The largest absolute Gasteiger partial charge is 0.394 e. The minimum absolute atomic E-state index is 0.359. The molecule has 0 spiro atoms. The molecular weight excluding hydrogens is 582 g/mol. The van der Waals surface area contributed by atoms with E-state index in [0.717, 1.165) is 32.1 Å². The topological polar surface area (TPSA) is 89.8 Å². The van der Waals surface area contributed by atoms with Gasteiger partial charge in [0.2, 0.25) is 5.91 Å². The fourth-order valence-corrected chi connectivity index (χ4v) is 6.54. The normalized spacial score (nSPS) is 13.7. The molecule has 5 heteroatoms. The number of hydrogen-bond acceptors (Lipinski definition) is 4. The Morgan fingerprint density at radius 3 is 1.17 bits per heavy atom. The molecule has 0 aliphatic rings. The van der Waals surface area contributed by atoms with Gasteiger partial charge in [-0.15, -0.1) is 0 Å². The Hall–Kier alpha value is -0.910. The van der Waals surface area contributed by atoms with Crippen LogP contribution in [0.3, 0.4) is 0 Å². The molecule has 4 N–H and O–H groups in total. The van der Waals surface area contributed by atoms with Gasteiger partial charge in [0.05, 0.1) is 18.8 Å². The zero-order valence-electron chi connectivity index (χ0n) is 31.7. The van der Waals surface area contributed by atoms with Gasteiger partial charge in [-0.3, -0.25) is 4.79 Å². The van der Waals surface area contributed by atoms with Crippen molar-refractivity contribution in [3.05, 3.63) is 12.2 Å². The van der Waals surface area contributed by atoms with Crippen LogP contribution in [-0.2, 0) is 4.79 Å². The van der Waals surface area contributed by atoms with E-state index >= 15 is 0 Å². The van der Waals surface area contributed by atoms with Gasteiger partial charge < -0.3 is 20.6 Å². The molecule has 1 amide bonds. The maximum atomic E-state index is 12.4. The number of allylic oxidation sites excluding steroid dienone is 1. The number of carbonyl (C=O) groups excluding carboxylic acids is 1. The van der Waals surface area contributed by atoms with Gasteiger partial charge in [0.1, 0.15) is 6.10 Å². The zero-order chi connectivity index (χ0) is 34.5. The molecule has 0 heterocycles. The number of carbonyl (C=O) groups is 1. The number of aliphatic hydroxyl groups is 3.